The van der Waals surface area contributed by atoms with Gasteiger partial charge >= 0.3 is 0 Å². The van der Waals surface area contributed by atoms with Gasteiger partial charge < -0.3 is 5.32 Å². The summed E-state index contributed by atoms with van der Waals surface area (Å²) in [6.07, 6.45) is 3.62. The molecule has 1 saturated carbocycles. The van der Waals surface area contributed by atoms with Gasteiger partial charge in [-0.05, 0) is 25.2 Å². The molecule has 1 fully saturated rings. The molecule has 3 unspecified atom stereocenters. The SMILES string of the molecule is Cc1nnc(SCC(=O)NC2CCCC(C)C2C)s1. The topological polar surface area (TPSA) is 54.9 Å². The van der Waals surface area contributed by atoms with Gasteiger partial charge in [0.1, 0.15) is 5.01 Å². The van der Waals surface area contributed by atoms with Crippen LogP contribution in [0.25, 0.3) is 0 Å². The quantitative estimate of drug-likeness (QED) is 0.869. The third kappa shape index (κ3) is 4.18. The summed E-state index contributed by atoms with van der Waals surface area (Å²) in [6.45, 7) is 6.45. The molecule has 1 N–H and O–H groups in total. The third-order valence-corrected chi connectivity index (χ3v) is 5.86. The first-order valence-corrected chi connectivity index (χ1v) is 8.58. The molecule has 1 aromatic rings. The first-order chi connectivity index (χ1) is 9.06. The number of aromatic nitrogens is 2. The lowest BCUT2D eigenvalue weighted by Gasteiger charge is -2.34. The maximum atomic E-state index is 12.0. The highest BCUT2D eigenvalue weighted by Gasteiger charge is 2.28. The standard InChI is InChI=1S/C13H21N3OS2/c1-8-5-4-6-11(9(8)2)14-12(17)7-18-13-16-15-10(3)19-13/h8-9,11H,4-7H2,1-3H3,(H,14,17). The average Bonchev–Trinajstić information content (AvgIpc) is 2.78. The van der Waals surface area contributed by atoms with Gasteiger partial charge in [-0.1, -0.05) is 49.8 Å². The van der Waals surface area contributed by atoms with Gasteiger partial charge in [-0.3, -0.25) is 4.79 Å². The summed E-state index contributed by atoms with van der Waals surface area (Å²) in [7, 11) is 0. The monoisotopic (exact) mass is 299 g/mol. The Kier molecular flexibility index (Phi) is 5.21. The molecule has 0 aromatic carbocycles. The Hall–Kier alpha value is -0.620. The van der Waals surface area contributed by atoms with Gasteiger partial charge in [0.25, 0.3) is 0 Å². The lowest BCUT2D eigenvalue weighted by Crippen LogP contribution is -2.44. The molecule has 1 aliphatic rings. The number of nitrogens with one attached hydrogen (secondary N) is 1. The molecule has 6 heteroatoms. The van der Waals surface area contributed by atoms with E-state index in [4.69, 9.17) is 0 Å². The number of aryl methyl sites for hydroxylation is 1. The largest absolute Gasteiger partial charge is 0.352 e. The van der Waals surface area contributed by atoms with Crippen LogP contribution >= 0.6 is 23.1 Å². The van der Waals surface area contributed by atoms with Gasteiger partial charge in [-0.15, -0.1) is 10.2 Å². The van der Waals surface area contributed by atoms with Crippen LogP contribution in [0.2, 0.25) is 0 Å². The summed E-state index contributed by atoms with van der Waals surface area (Å²) in [5, 5.41) is 12.1. The fourth-order valence-corrected chi connectivity index (χ4v) is 4.12. The van der Waals surface area contributed by atoms with Crippen LogP contribution < -0.4 is 5.32 Å². The van der Waals surface area contributed by atoms with Gasteiger partial charge in [-0.2, -0.15) is 0 Å². The van der Waals surface area contributed by atoms with Crippen molar-refractivity contribution in [2.45, 2.75) is 50.4 Å². The van der Waals surface area contributed by atoms with Crippen molar-refractivity contribution in [3.8, 4) is 0 Å². The van der Waals surface area contributed by atoms with E-state index in [0.717, 1.165) is 15.8 Å². The Morgan fingerprint density at radius 1 is 1.42 bits per heavy atom. The maximum absolute atomic E-state index is 12.0. The molecule has 1 amide bonds. The van der Waals surface area contributed by atoms with Crippen molar-refractivity contribution in [1.29, 1.82) is 0 Å². The van der Waals surface area contributed by atoms with E-state index >= 15 is 0 Å². The normalized spacial score (nSPS) is 27.2. The van der Waals surface area contributed by atoms with E-state index in [9.17, 15) is 4.79 Å². The number of carbonyl (C=O) groups excluding carboxylic acids is 1. The Labute approximate surface area is 122 Å². The smallest absolute Gasteiger partial charge is 0.230 e. The predicted octanol–water partition coefficient (Wildman–Crippen LogP) is 2.88. The van der Waals surface area contributed by atoms with E-state index in [1.807, 2.05) is 6.92 Å². The number of rotatable bonds is 4. The van der Waals surface area contributed by atoms with Crippen molar-refractivity contribution < 1.29 is 4.79 Å². The zero-order chi connectivity index (χ0) is 13.8. The number of hydrogen-bond donors (Lipinski definition) is 1. The Bertz CT molecular complexity index is 435. The summed E-state index contributed by atoms with van der Waals surface area (Å²) in [4.78, 5) is 12.0. The lowest BCUT2D eigenvalue weighted by atomic mass is 9.78. The second-order valence-electron chi connectivity index (χ2n) is 5.32. The van der Waals surface area contributed by atoms with Crippen LogP contribution in [0.1, 0.15) is 38.1 Å². The van der Waals surface area contributed by atoms with Crippen LogP contribution in [0.15, 0.2) is 4.34 Å². The van der Waals surface area contributed by atoms with Crippen LogP contribution in [0.4, 0.5) is 0 Å². The van der Waals surface area contributed by atoms with Crippen molar-refractivity contribution in [2.24, 2.45) is 11.8 Å². The van der Waals surface area contributed by atoms with Gasteiger partial charge in [0.05, 0.1) is 5.75 Å². The van der Waals surface area contributed by atoms with Crippen molar-refractivity contribution in [3.63, 3.8) is 0 Å². The first kappa shape index (κ1) is 14.8. The highest BCUT2D eigenvalue weighted by atomic mass is 32.2. The second-order valence-corrected chi connectivity index (χ2v) is 7.72. The van der Waals surface area contributed by atoms with Crippen molar-refractivity contribution >= 4 is 29.0 Å². The van der Waals surface area contributed by atoms with Crippen LogP contribution in [-0.4, -0.2) is 27.9 Å². The molecule has 0 spiro atoms. The van der Waals surface area contributed by atoms with Crippen LogP contribution in [0.5, 0.6) is 0 Å². The molecule has 3 atom stereocenters. The molecule has 19 heavy (non-hydrogen) atoms. The summed E-state index contributed by atoms with van der Waals surface area (Å²) < 4.78 is 0.873. The molecule has 0 saturated heterocycles. The number of nitrogens with zero attached hydrogens (tertiary/aromatic N) is 2. The van der Waals surface area contributed by atoms with Crippen molar-refractivity contribution in [2.75, 3.05) is 5.75 Å². The van der Waals surface area contributed by atoms with Gasteiger partial charge in [-0.25, -0.2) is 0 Å². The van der Waals surface area contributed by atoms with Gasteiger partial charge in [0.2, 0.25) is 5.91 Å². The number of carbonyl (C=O) groups is 1. The lowest BCUT2D eigenvalue weighted by molar-refractivity contribution is -0.119. The second kappa shape index (κ2) is 6.70. The van der Waals surface area contributed by atoms with Crippen molar-refractivity contribution in [3.05, 3.63) is 5.01 Å². The number of hydrogen-bond acceptors (Lipinski definition) is 5. The average molecular weight is 299 g/mol. The predicted molar refractivity (Wildman–Crippen MR) is 79.5 cm³/mol. The van der Waals surface area contributed by atoms with Crippen LogP contribution in [-0.2, 0) is 4.79 Å². The summed E-state index contributed by atoms with van der Waals surface area (Å²) in [6, 6.07) is 0.341. The summed E-state index contributed by atoms with van der Waals surface area (Å²) in [5.41, 5.74) is 0. The molecule has 0 radical (unpaired) electrons. The molecular formula is C13H21N3OS2. The van der Waals surface area contributed by atoms with E-state index in [2.05, 4.69) is 29.4 Å². The van der Waals surface area contributed by atoms with Gasteiger partial charge in [0.15, 0.2) is 4.34 Å². The molecule has 1 aromatic heterocycles. The van der Waals surface area contributed by atoms with E-state index in [1.165, 1.54) is 35.9 Å². The van der Waals surface area contributed by atoms with E-state index < -0.39 is 0 Å². The Morgan fingerprint density at radius 3 is 2.89 bits per heavy atom. The van der Waals surface area contributed by atoms with Crippen LogP contribution in [0, 0.1) is 18.8 Å². The zero-order valence-electron chi connectivity index (χ0n) is 11.7. The van der Waals surface area contributed by atoms with Crippen LogP contribution in [0.3, 0.4) is 0 Å². The number of amides is 1. The minimum Gasteiger partial charge on any atom is -0.352 e. The number of thioether (sulfide) groups is 1. The Balaban J connectivity index is 1.77. The Morgan fingerprint density at radius 2 is 2.21 bits per heavy atom. The molecule has 1 heterocycles. The zero-order valence-corrected chi connectivity index (χ0v) is 13.3. The highest BCUT2D eigenvalue weighted by molar-refractivity contribution is 8.01. The van der Waals surface area contributed by atoms with E-state index in [-0.39, 0.29) is 5.91 Å². The summed E-state index contributed by atoms with van der Waals surface area (Å²) in [5.74, 6) is 1.83. The molecule has 4 nitrogen and oxygen atoms in total. The van der Waals surface area contributed by atoms with E-state index in [1.54, 1.807) is 0 Å². The van der Waals surface area contributed by atoms with Gasteiger partial charge in [0, 0.05) is 6.04 Å². The highest BCUT2D eigenvalue weighted by Crippen LogP contribution is 2.29. The maximum Gasteiger partial charge on any atom is 0.230 e. The molecular weight excluding hydrogens is 278 g/mol. The minimum atomic E-state index is 0.115. The molecule has 0 aliphatic heterocycles. The summed E-state index contributed by atoms with van der Waals surface area (Å²) >= 11 is 3.01. The first-order valence-electron chi connectivity index (χ1n) is 6.78. The minimum absolute atomic E-state index is 0.115. The molecule has 106 valence electrons. The molecule has 0 bridgehead atoms. The molecule has 1 aliphatic carbocycles. The fourth-order valence-electron chi connectivity index (χ4n) is 2.50. The van der Waals surface area contributed by atoms with E-state index in [0.29, 0.717) is 23.6 Å². The fraction of sp³-hybridized carbons (Fsp3) is 0.769. The molecule has 2 rings (SSSR count). The third-order valence-electron chi connectivity index (χ3n) is 3.89. The van der Waals surface area contributed by atoms with Crippen molar-refractivity contribution in [1.82, 2.24) is 15.5 Å².